The fraction of sp³-hybridized carbons (Fsp3) is 0.308. The molecule has 96 valence electrons. The number of aryl methyl sites for hydroxylation is 2. The van der Waals surface area contributed by atoms with Gasteiger partial charge < -0.3 is 5.32 Å². The Kier molecular flexibility index (Phi) is 3.82. The first-order valence-electron chi connectivity index (χ1n) is 5.65. The van der Waals surface area contributed by atoms with E-state index in [9.17, 15) is 4.39 Å². The van der Waals surface area contributed by atoms with E-state index < -0.39 is 0 Å². The Morgan fingerprint density at radius 1 is 1.44 bits per heavy atom. The Morgan fingerprint density at radius 2 is 2.17 bits per heavy atom. The number of benzene rings is 1. The van der Waals surface area contributed by atoms with E-state index in [0.29, 0.717) is 5.56 Å². The molecule has 0 aliphatic carbocycles. The van der Waals surface area contributed by atoms with Crippen LogP contribution < -0.4 is 5.32 Å². The quantitative estimate of drug-likeness (QED) is 0.944. The summed E-state index contributed by atoms with van der Waals surface area (Å²) in [6, 6.07) is 5.13. The van der Waals surface area contributed by atoms with E-state index in [2.05, 4.69) is 26.3 Å². The lowest BCUT2D eigenvalue weighted by molar-refractivity contribution is 0.594. The van der Waals surface area contributed by atoms with Crippen LogP contribution in [0.3, 0.4) is 0 Å². The fourth-order valence-corrected chi connectivity index (χ4v) is 2.63. The summed E-state index contributed by atoms with van der Waals surface area (Å²) >= 11 is 3.49. The van der Waals surface area contributed by atoms with Crippen molar-refractivity contribution in [3.63, 3.8) is 0 Å². The summed E-state index contributed by atoms with van der Waals surface area (Å²) in [5.74, 6) is -0.183. The number of rotatable bonds is 3. The highest BCUT2D eigenvalue weighted by atomic mass is 79.9. The molecule has 1 atom stereocenters. The lowest BCUT2D eigenvalue weighted by Crippen LogP contribution is -2.21. The van der Waals surface area contributed by atoms with Crippen molar-refractivity contribution in [2.75, 3.05) is 7.05 Å². The predicted octanol–water partition coefficient (Wildman–Crippen LogP) is 2.94. The maximum Gasteiger partial charge on any atom is 0.126 e. The average Bonchev–Trinajstić information content (AvgIpc) is 2.66. The van der Waals surface area contributed by atoms with Crippen molar-refractivity contribution in [3.05, 3.63) is 51.5 Å². The van der Waals surface area contributed by atoms with Crippen LogP contribution in [0.15, 0.2) is 28.9 Å². The summed E-state index contributed by atoms with van der Waals surface area (Å²) in [5, 5.41) is 7.44. The highest BCUT2D eigenvalue weighted by molar-refractivity contribution is 9.10. The Morgan fingerprint density at radius 3 is 2.67 bits per heavy atom. The van der Waals surface area contributed by atoms with Gasteiger partial charge in [0.15, 0.2) is 0 Å². The van der Waals surface area contributed by atoms with Gasteiger partial charge in [-0.2, -0.15) is 5.10 Å². The second kappa shape index (κ2) is 5.20. The minimum Gasteiger partial charge on any atom is -0.308 e. The summed E-state index contributed by atoms with van der Waals surface area (Å²) < 4.78 is 16.1. The van der Waals surface area contributed by atoms with Gasteiger partial charge in [0, 0.05) is 7.05 Å². The molecule has 0 amide bonds. The zero-order valence-corrected chi connectivity index (χ0v) is 12.1. The van der Waals surface area contributed by atoms with Crippen molar-refractivity contribution < 1.29 is 4.39 Å². The Labute approximate surface area is 114 Å². The maximum atomic E-state index is 13.3. The minimum absolute atomic E-state index is 0.0221. The number of hydrogen-bond acceptors (Lipinski definition) is 2. The molecule has 2 rings (SSSR count). The standard InChI is InChI=1S/C13H15BrFN3/c1-8-6-9(4-5-11(8)15)12(16-2)13-10(14)7-17-18(13)3/h4-7,12,16H,1-3H3. The number of nitrogens with one attached hydrogen (secondary N) is 1. The van der Waals surface area contributed by atoms with Gasteiger partial charge in [0.2, 0.25) is 0 Å². The van der Waals surface area contributed by atoms with Gasteiger partial charge in [-0.3, -0.25) is 4.68 Å². The summed E-state index contributed by atoms with van der Waals surface area (Å²) in [5.41, 5.74) is 2.68. The van der Waals surface area contributed by atoms with Crippen LogP contribution in [0.4, 0.5) is 4.39 Å². The highest BCUT2D eigenvalue weighted by Crippen LogP contribution is 2.28. The molecule has 2 aromatic rings. The molecule has 1 heterocycles. The molecule has 1 N–H and O–H groups in total. The summed E-state index contributed by atoms with van der Waals surface area (Å²) in [6.07, 6.45) is 1.76. The van der Waals surface area contributed by atoms with E-state index in [1.54, 1.807) is 19.2 Å². The van der Waals surface area contributed by atoms with Crippen LogP contribution in [0.1, 0.15) is 22.9 Å². The van der Waals surface area contributed by atoms with Gasteiger partial charge in [-0.05, 0) is 47.1 Å². The molecule has 3 nitrogen and oxygen atoms in total. The third-order valence-corrected chi connectivity index (χ3v) is 3.63. The molecule has 0 fully saturated rings. The first-order chi connectivity index (χ1) is 8.54. The Balaban J connectivity index is 2.48. The lowest BCUT2D eigenvalue weighted by atomic mass is 10.0. The monoisotopic (exact) mass is 311 g/mol. The topological polar surface area (TPSA) is 29.9 Å². The van der Waals surface area contributed by atoms with E-state index in [1.165, 1.54) is 6.07 Å². The first kappa shape index (κ1) is 13.2. The SMILES string of the molecule is CNC(c1ccc(F)c(C)c1)c1c(Br)cnn1C. The first-order valence-corrected chi connectivity index (χ1v) is 6.44. The van der Waals surface area contributed by atoms with Crippen molar-refractivity contribution in [2.45, 2.75) is 13.0 Å². The number of aromatic nitrogens is 2. The van der Waals surface area contributed by atoms with Crippen molar-refractivity contribution >= 4 is 15.9 Å². The number of nitrogens with zero attached hydrogens (tertiary/aromatic N) is 2. The van der Waals surface area contributed by atoms with Gasteiger partial charge in [0.1, 0.15) is 5.82 Å². The van der Waals surface area contributed by atoms with E-state index in [-0.39, 0.29) is 11.9 Å². The lowest BCUT2D eigenvalue weighted by Gasteiger charge is -2.18. The summed E-state index contributed by atoms with van der Waals surface area (Å²) in [4.78, 5) is 0. The van der Waals surface area contributed by atoms with E-state index in [1.807, 2.05) is 24.8 Å². The smallest absolute Gasteiger partial charge is 0.126 e. The second-order valence-corrected chi connectivity index (χ2v) is 5.09. The molecule has 0 radical (unpaired) electrons. The van der Waals surface area contributed by atoms with E-state index >= 15 is 0 Å². The van der Waals surface area contributed by atoms with Crippen LogP contribution in [0, 0.1) is 12.7 Å². The molecule has 0 saturated carbocycles. The summed E-state index contributed by atoms with van der Waals surface area (Å²) in [6.45, 7) is 1.77. The third kappa shape index (κ3) is 2.33. The molecule has 1 aromatic carbocycles. The molecule has 1 unspecified atom stereocenters. The second-order valence-electron chi connectivity index (χ2n) is 4.23. The van der Waals surface area contributed by atoms with Crippen molar-refractivity contribution in [1.29, 1.82) is 0 Å². The number of hydrogen-bond donors (Lipinski definition) is 1. The average molecular weight is 312 g/mol. The maximum absolute atomic E-state index is 13.3. The molecular formula is C13H15BrFN3. The zero-order chi connectivity index (χ0) is 13.3. The molecule has 5 heteroatoms. The fourth-order valence-electron chi connectivity index (χ4n) is 2.05. The molecule has 0 bridgehead atoms. The molecule has 1 aromatic heterocycles. The normalized spacial score (nSPS) is 12.7. The van der Waals surface area contributed by atoms with Gasteiger partial charge >= 0.3 is 0 Å². The molecule has 18 heavy (non-hydrogen) atoms. The van der Waals surface area contributed by atoms with Crippen LogP contribution in [-0.2, 0) is 7.05 Å². The molecule has 0 spiro atoms. The van der Waals surface area contributed by atoms with Crippen molar-refractivity contribution in [1.82, 2.24) is 15.1 Å². The van der Waals surface area contributed by atoms with Crippen LogP contribution in [-0.4, -0.2) is 16.8 Å². The van der Waals surface area contributed by atoms with Crippen molar-refractivity contribution in [3.8, 4) is 0 Å². The van der Waals surface area contributed by atoms with Crippen LogP contribution in [0.2, 0.25) is 0 Å². The van der Waals surface area contributed by atoms with E-state index in [0.717, 1.165) is 15.7 Å². The summed E-state index contributed by atoms with van der Waals surface area (Å²) in [7, 11) is 3.77. The van der Waals surface area contributed by atoms with Gasteiger partial charge in [-0.15, -0.1) is 0 Å². The van der Waals surface area contributed by atoms with Crippen molar-refractivity contribution in [2.24, 2.45) is 7.05 Å². The van der Waals surface area contributed by atoms with Gasteiger partial charge in [0.25, 0.3) is 0 Å². The minimum atomic E-state index is -0.183. The van der Waals surface area contributed by atoms with Crippen LogP contribution >= 0.6 is 15.9 Å². The molecule has 0 aliphatic rings. The van der Waals surface area contributed by atoms with Crippen LogP contribution in [0.25, 0.3) is 0 Å². The van der Waals surface area contributed by atoms with Crippen LogP contribution in [0.5, 0.6) is 0 Å². The van der Waals surface area contributed by atoms with E-state index in [4.69, 9.17) is 0 Å². The third-order valence-electron chi connectivity index (χ3n) is 3.02. The predicted molar refractivity (Wildman–Crippen MR) is 72.9 cm³/mol. The number of halogens is 2. The molecule has 0 saturated heterocycles. The van der Waals surface area contributed by atoms with Gasteiger partial charge in [-0.25, -0.2) is 4.39 Å². The Bertz CT molecular complexity index is 546. The Hall–Kier alpha value is -1.20. The largest absolute Gasteiger partial charge is 0.308 e. The van der Waals surface area contributed by atoms with Gasteiger partial charge in [-0.1, -0.05) is 12.1 Å². The highest BCUT2D eigenvalue weighted by Gasteiger charge is 2.19. The zero-order valence-electron chi connectivity index (χ0n) is 10.5. The molecular weight excluding hydrogens is 297 g/mol. The van der Waals surface area contributed by atoms with Gasteiger partial charge in [0.05, 0.1) is 22.4 Å². The molecule has 0 aliphatic heterocycles.